The molecule has 4 heteroatoms. The predicted molar refractivity (Wildman–Crippen MR) is 90.8 cm³/mol. The van der Waals surface area contributed by atoms with Crippen molar-refractivity contribution in [2.45, 2.75) is 39.9 Å². The highest BCUT2D eigenvalue weighted by Crippen LogP contribution is 2.16. The van der Waals surface area contributed by atoms with E-state index in [1.54, 1.807) is 0 Å². The summed E-state index contributed by atoms with van der Waals surface area (Å²) in [6.07, 6.45) is 0.392. The molecule has 22 heavy (non-hydrogen) atoms. The van der Waals surface area contributed by atoms with Gasteiger partial charge in [-0.1, -0.05) is 0 Å². The number of rotatable bonds is 6. The molecular weight excluding hydrogens is 276 g/mol. The fraction of sp³-hybridized carbons (Fsp3) is 0.611. The van der Waals surface area contributed by atoms with Gasteiger partial charge >= 0.3 is 0 Å². The first-order valence-electron chi connectivity index (χ1n) is 8.29. The monoisotopic (exact) mass is 304 g/mol. The lowest BCUT2D eigenvalue weighted by molar-refractivity contribution is -0.0652. The Morgan fingerprint density at radius 3 is 2.18 bits per heavy atom. The molecular formula is C18H28N2O2. The van der Waals surface area contributed by atoms with Crippen molar-refractivity contribution in [1.29, 1.82) is 0 Å². The molecule has 0 aromatic heterocycles. The number of hydrogen-bond acceptors (Lipinski definition) is 4. The van der Waals surface area contributed by atoms with Gasteiger partial charge in [-0.25, -0.2) is 0 Å². The van der Waals surface area contributed by atoms with Crippen molar-refractivity contribution in [3.63, 3.8) is 0 Å². The molecule has 1 aromatic carbocycles. The van der Waals surface area contributed by atoms with E-state index in [1.807, 2.05) is 24.3 Å². The summed E-state index contributed by atoms with van der Waals surface area (Å²) in [5.74, 6) is 0.187. The van der Waals surface area contributed by atoms with Crippen LogP contribution in [0, 0.1) is 0 Å². The molecule has 4 nitrogen and oxygen atoms in total. The minimum absolute atomic E-state index is 0.187. The van der Waals surface area contributed by atoms with Crippen LogP contribution in [0.2, 0.25) is 0 Å². The molecule has 122 valence electrons. The Labute approximate surface area is 134 Å². The van der Waals surface area contributed by atoms with E-state index in [-0.39, 0.29) is 18.0 Å². The zero-order valence-corrected chi connectivity index (χ0v) is 14.2. The van der Waals surface area contributed by atoms with E-state index in [0.29, 0.717) is 6.54 Å². The smallest absolute Gasteiger partial charge is 0.176 e. The van der Waals surface area contributed by atoms with Crippen LogP contribution in [-0.4, -0.2) is 55.6 Å². The highest BCUT2D eigenvalue weighted by Gasteiger charge is 2.24. The zero-order chi connectivity index (χ0) is 16.1. The van der Waals surface area contributed by atoms with Crippen LogP contribution in [0.5, 0.6) is 0 Å². The molecule has 0 N–H and O–H groups in total. The maximum absolute atomic E-state index is 12.5. The number of benzene rings is 1. The number of ether oxygens (including phenoxy) is 1. The van der Waals surface area contributed by atoms with Crippen molar-refractivity contribution in [3.05, 3.63) is 29.8 Å². The minimum Gasteiger partial charge on any atom is -0.373 e. The number of carbonyl (C=O) groups excluding carboxylic acids is 1. The van der Waals surface area contributed by atoms with Crippen LogP contribution in [-0.2, 0) is 4.74 Å². The summed E-state index contributed by atoms with van der Waals surface area (Å²) in [7, 11) is 0. The molecule has 2 rings (SSSR count). The van der Waals surface area contributed by atoms with Crippen molar-refractivity contribution in [3.8, 4) is 0 Å². The molecule has 1 aliphatic heterocycles. The lowest BCUT2D eigenvalue weighted by atomic mass is 10.1. The van der Waals surface area contributed by atoms with Gasteiger partial charge in [0, 0.05) is 37.4 Å². The second kappa shape index (κ2) is 7.75. The summed E-state index contributed by atoms with van der Waals surface area (Å²) in [4.78, 5) is 16.9. The van der Waals surface area contributed by atoms with Crippen LogP contribution < -0.4 is 4.90 Å². The van der Waals surface area contributed by atoms with Crippen LogP contribution in [0.4, 0.5) is 5.69 Å². The van der Waals surface area contributed by atoms with Crippen molar-refractivity contribution >= 4 is 11.5 Å². The summed E-state index contributed by atoms with van der Waals surface area (Å²) < 4.78 is 5.71. The van der Waals surface area contributed by atoms with E-state index in [0.717, 1.165) is 31.7 Å². The normalized spacial score (nSPS) is 22.5. The number of carbonyl (C=O) groups is 1. The molecule has 2 unspecified atom stereocenters. The highest BCUT2D eigenvalue weighted by molar-refractivity contribution is 5.97. The Balaban J connectivity index is 1.98. The van der Waals surface area contributed by atoms with Crippen molar-refractivity contribution in [2.24, 2.45) is 0 Å². The summed E-state index contributed by atoms with van der Waals surface area (Å²) >= 11 is 0. The van der Waals surface area contributed by atoms with Gasteiger partial charge in [0.25, 0.3) is 0 Å². The Morgan fingerprint density at radius 1 is 1.14 bits per heavy atom. The topological polar surface area (TPSA) is 32.8 Å². The molecule has 0 radical (unpaired) electrons. The van der Waals surface area contributed by atoms with Crippen molar-refractivity contribution < 1.29 is 9.53 Å². The Hall–Kier alpha value is -1.39. The van der Waals surface area contributed by atoms with Gasteiger partial charge in [0.1, 0.15) is 0 Å². The highest BCUT2D eigenvalue weighted by atomic mass is 16.5. The number of morpholine rings is 1. The Kier molecular flexibility index (Phi) is 5.98. The van der Waals surface area contributed by atoms with Gasteiger partial charge < -0.3 is 9.64 Å². The largest absolute Gasteiger partial charge is 0.373 e. The maximum Gasteiger partial charge on any atom is 0.176 e. The van der Waals surface area contributed by atoms with E-state index in [9.17, 15) is 4.79 Å². The first-order valence-corrected chi connectivity index (χ1v) is 8.29. The maximum atomic E-state index is 12.5. The average molecular weight is 304 g/mol. The number of ketones is 1. The average Bonchev–Trinajstić information content (AvgIpc) is 2.48. The van der Waals surface area contributed by atoms with Crippen molar-refractivity contribution in [1.82, 2.24) is 4.90 Å². The number of hydrogen-bond donors (Lipinski definition) is 0. The second-order valence-corrected chi connectivity index (χ2v) is 6.09. The van der Waals surface area contributed by atoms with E-state index >= 15 is 0 Å². The van der Waals surface area contributed by atoms with Gasteiger partial charge in [0.05, 0.1) is 18.8 Å². The lowest BCUT2D eigenvalue weighted by Gasteiger charge is -2.34. The molecule has 0 spiro atoms. The van der Waals surface area contributed by atoms with Crippen LogP contribution in [0.15, 0.2) is 24.3 Å². The molecule has 1 heterocycles. The minimum atomic E-state index is 0.187. The van der Waals surface area contributed by atoms with Gasteiger partial charge in [0.2, 0.25) is 0 Å². The summed E-state index contributed by atoms with van der Waals surface area (Å²) in [5, 5.41) is 0. The third-order valence-corrected chi connectivity index (χ3v) is 4.18. The second-order valence-electron chi connectivity index (χ2n) is 6.09. The summed E-state index contributed by atoms with van der Waals surface area (Å²) in [5.41, 5.74) is 1.97. The van der Waals surface area contributed by atoms with Crippen LogP contribution in [0.3, 0.4) is 0 Å². The van der Waals surface area contributed by atoms with E-state index < -0.39 is 0 Å². The first-order chi connectivity index (χ1) is 10.5. The molecule has 2 atom stereocenters. The van der Waals surface area contributed by atoms with Gasteiger partial charge in [-0.15, -0.1) is 0 Å². The summed E-state index contributed by atoms with van der Waals surface area (Å²) in [6.45, 7) is 12.5. The van der Waals surface area contributed by atoms with Crippen LogP contribution >= 0.6 is 0 Å². The zero-order valence-electron chi connectivity index (χ0n) is 14.2. The predicted octanol–water partition coefficient (Wildman–Crippen LogP) is 2.82. The standard InChI is InChI=1S/C18H28N2O2/c1-5-20(6-2)17-9-7-16(8-10-17)18(21)13-19-11-14(3)22-15(4)12-19/h7-10,14-15H,5-6,11-13H2,1-4H3. The molecule has 0 bridgehead atoms. The molecule has 1 aromatic rings. The third kappa shape index (κ3) is 4.31. The third-order valence-electron chi connectivity index (χ3n) is 4.18. The lowest BCUT2D eigenvalue weighted by Crippen LogP contribution is -2.47. The quantitative estimate of drug-likeness (QED) is 0.757. The first kappa shape index (κ1) is 17.0. The molecule has 1 aliphatic rings. The SMILES string of the molecule is CCN(CC)c1ccc(C(=O)CN2CC(C)OC(C)C2)cc1. The van der Waals surface area contributed by atoms with Crippen LogP contribution in [0.25, 0.3) is 0 Å². The number of Topliss-reactive ketones (excluding diaryl/α,β-unsaturated/α-hetero) is 1. The molecule has 0 aliphatic carbocycles. The molecule has 1 fully saturated rings. The van der Waals surface area contributed by atoms with Gasteiger partial charge in [-0.05, 0) is 52.0 Å². The number of anilines is 1. The van der Waals surface area contributed by atoms with Gasteiger partial charge in [-0.3, -0.25) is 9.69 Å². The van der Waals surface area contributed by atoms with Crippen molar-refractivity contribution in [2.75, 3.05) is 37.6 Å². The van der Waals surface area contributed by atoms with Crippen LogP contribution in [0.1, 0.15) is 38.1 Å². The van der Waals surface area contributed by atoms with Gasteiger partial charge in [0.15, 0.2) is 5.78 Å². The molecule has 1 saturated heterocycles. The molecule has 0 amide bonds. The Bertz CT molecular complexity index is 472. The van der Waals surface area contributed by atoms with E-state index in [4.69, 9.17) is 4.74 Å². The Morgan fingerprint density at radius 2 is 1.68 bits per heavy atom. The van der Waals surface area contributed by atoms with E-state index in [2.05, 4.69) is 37.5 Å². The van der Waals surface area contributed by atoms with E-state index in [1.165, 1.54) is 5.69 Å². The van der Waals surface area contributed by atoms with Gasteiger partial charge in [-0.2, -0.15) is 0 Å². The molecule has 0 saturated carbocycles. The number of nitrogens with zero attached hydrogens (tertiary/aromatic N) is 2. The fourth-order valence-electron chi connectivity index (χ4n) is 3.15. The fourth-order valence-corrected chi connectivity index (χ4v) is 3.15. The summed E-state index contributed by atoms with van der Waals surface area (Å²) in [6, 6.07) is 7.99.